The highest BCUT2D eigenvalue weighted by Gasteiger charge is 2.30. The molecule has 0 heterocycles. The first kappa shape index (κ1) is 26.0. The summed E-state index contributed by atoms with van der Waals surface area (Å²) in [5.41, 5.74) is 1.90. The van der Waals surface area contributed by atoms with E-state index >= 15 is 0 Å². The maximum atomic E-state index is 13.3. The molecule has 0 aliphatic rings. The molecule has 0 aliphatic heterocycles. The third kappa shape index (κ3) is 6.85. The van der Waals surface area contributed by atoms with Crippen LogP contribution in [0.25, 0.3) is 0 Å². The van der Waals surface area contributed by atoms with Gasteiger partial charge in [0.05, 0.1) is 11.9 Å². The van der Waals surface area contributed by atoms with Crippen LogP contribution in [0, 0.1) is 6.92 Å². The molecule has 1 atom stereocenters. The summed E-state index contributed by atoms with van der Waals surface area (Å²) in [6.45, 7) is 5.19. The zero-order chi connectivity index (χ0) is 24.1. The van der Waals surface area contributed by atoms with Gasteiger partial charge in [0.2, 0.25) is 21.8 Å². The Morgan fingerprint density at radius 3 is 2.25 bits per heavy atom. The van der Waals surface area contributed by atoms with Crippen LogP contribution < -0.4 is 9.62 Å². The molecule has 7 nitrogen and oxygen atoms in total. The van der Waals surface area contributed by atoms with Crippen LogP contribution in [0.2, 0.25) is 10.0 Å². The predicted octanol–water partition coefficient (Wildman–Crippen LogP) is 3.62. The average Bonchev–Trinajstić information content (AvgIpc) is 2.71. The second-order valence-corrected chi connectivity index (χ2v) is 10.2. The molecule has 2 amide bonds. The number of likely N-dealkylation sites (N-methyl/N-ethyl adjacent to an activating group) is 1. The lowest BCUT2D eigenvalue weighted by Gasteiger charge is -2.31. The zero-order valence-corrected chi connectivity index (χ0v) is 20.8. The molecule has 174 valence electrons. The van der Waals surface area contributed by atoms with Crippen LogP contribution in [0.1, 0.15) is 25.0 Å². The maximum absolute atomic E-state index is 13.3. The third-order valence-electron chi connectivity index (χ3n) is 4.88. The van der Waals surface area contributed by atoms with Gasteiger partial charge in [-0.25, -0.2) is 8.42 Å². The van der Waals surface area contributed by atoms with E-state index in [1.165, 1.54) is 4.90 Å². The summed E-state index contributed by atoms with van der Waals surface area (Å²) in [5.74, 6) is -0.895. The monoisotopic (exact) mass is 499 g/mol. The average molecular weight is 500 g/mol. The van der Waals surface area contributed by atoms with Crippen LogP contribution >= 0.6 is 23.2 Å². The molecule has 0 spiro atoms. The zero-order valence-electron chi connectivity index (χ0n) is 18.4. The SMILES string of the molecule is CCNC(=O)[C@H](C)N(Cc1ccc(Cl)cc1Cl)C(=O)CN(c1ccc(C)cc1)S(C)(=O)=O. The number of nitrogens with one attached hydrogen (secondary N) is 1. The Labute approximate surface area is 199 Å². The number of anilines is 1. The number of halogens is 2. The summed E-state index contributed by atoms with van der Waals surface area (Å²) < 4.78 is 26.0. The first-order valence-electron chi connectivity index (χ1n) is 9.99. The first-order chi connectivity index (χ1) is 14.9. The topological polar surface area (TPSA) is 86.8 Å². The quantitative estimate of drug-likeness (QED) is 0.570. The van der Waals surface area contributed by atoms with Crippen molar-refractivity contribution in [1.82, 2.24) is 10.2 Å². The minimum atomic E-state index is -3.76. The van der Waals surface area contributed by atoms with Gasteiger partial charge in [0.25, 0.3) is 0 Å². The smallest absolute Gasteiger partial charge is 0.244 e. The lowest BCUT2D eigenvalue weighted by Crippen LogP contribution is -2.51. The van der Waals surface area contributed by atoms with Gasteiger partial charge < -0.3 is 10.2 Å². The highest BCUT2D eigenvalue weighted by Crippen LogP contribution is 2.24. The van der Waals surface area contributed by atoms with E-state index in [4.69, 9.17) is 23.2 Å². The Balaban J connectivity index is 2.40. The molecular formula is C22H27Cl2N3O4S. The van der Waals surface area contributed by atoms with E-state index < -0.39 is 28.5 Å². The van der Waals surface area contributed by atoms with Gasteiger partial charge in [-0.3, -0.25) is 13.9 Å². The lowest BCUT2D eigenvalue weighted by atomic mass is 10.1. The number of aryl methyl sites for hydroxylation is 1. The number of amides is 2. The molecule has 32 heavy (non-hydrogen) atoms. The summed E-state index contributed by atoms with van der Waals surface area (Å²) >= 11 is 12.2. The van der Waals surface area contributed by atoms with E-state index in [-0.39, 0.29) is 12.5 Å². The van der Waals surface area contributed by atoms with E-state index in [1.807, 2.05) is 6.92 Å². The van der Waals surface area contributed by atoms with Crippen LogP contribution in [0.15, 0.2) is 42.5 Å². The van der Waals surface area contributed by atoms with Crippen molar-refractivity contribution in [3.05, 3.63) is 63.6 Å². The van der Waals surface area contributed by atoms with Gasteiger partial charge in [0, 0.05) is 23.1 Å². The number of sulfonamides is 1. The second kappa shape index (κ2) is 11.0. The molecule has 0 saturated heterocycles. The summed E-state index contributed by atoms with van der Waals surface area (Å²) in [5, 5.41) is 3.48. The van der Waals surface area contributed by atoms with Gasteiger partial charge in [0.15, 0.2) is 0 Å². The molecule has 2 aromatic carbocycles. The van der Waals surface area contributed by atoms with Crippen molar-refractivity contribution < 1.29 is 18.0 Å². The Kier molecular flexibility index (Phi) is 8.95. The largest absolute Gasteiger partial charge is 0.355 e. The van der Waals surface area contributed by atoms with E-state index in [1.54, 1.807) is 56.3 Å². The van der Waals surface area contributed by atoms with Gasteiger partial charge in [-0.05, 0) is 50.6 Å². The van der Waals surface area contributed by atoms with E-state index in [0.717, 1.165) is 16.1 Å². The van der Waals surface area contributed by atoms with Crippen molar-refractivity contribution in [2.24, 2.45) is 0 Å². The van der Waals surface area contributed by atoms with Crippen molar-refractivity contribution in [2.45, 2.75) is 33.4 Å². The fourth-order valence-corrected chi connectivity index (χ4v) is 4.38. The number of benzene rings is 2. The van der Waals surface area contributed by atoms with Gasteiger partial charge in [-0.1, -0.05) is 47.0 Å². The number of hydrogen-bond acceptors (Lipinski definition) is 4. The molecule has 0 bridgehead atoms. The first-order valence-corrected chi connectivity index (χ1v) is 12.6. The minimum Gasteiger partial charge on any atom is -0.355 e. The predicted molar refractivity (Wildman–Crippen MR) is 129 cm³/mol. The second-order valence-electron chi connectivity index (χ2n) is 7.43. The number of nitrogens with zero attached hydrogens (tertiary/aromatic N) is 2. The van der Waals surface area contributed by atoms with Gasteiger partial charge in [0.1, 0.15) is 12.6 Å². The standard InChI is InChI=1S/C22H27Cl2N3O4S/c1-5-25-22(29)16(3)26(13-17-8-9-18(23)12-20(17)24)21(28)14-27(32(4,30)31)19-10-6-15(2)7-11-19/h6-12,16H,5,13-14H2,1-4H3,(H,25,29)/t16-/m0/s1. The minimum absolute atomic E-state index is 0.0125. The molecule has 0 unspecified atom stereocenters. The fraction of sp³-hybridized carbons (Fsp3) is 0.364. The Morgan fingerprint density at radius 2 is 1.72 bits per heavy atom. The Bertz CT molecular complexity index is 1080. The molecule has 2 aromatic rings. The summed E-state index contributed by atoms with van der Waals surface area (Å²) in [6.07, 6.45) is 1.04. The maximum Gasteiger partial charge on any atom is 0.244 e. The highest BCUT2D eigenvalue weighted by molar-refractivity contribution is 7.92. The fourth-order valence-electron chi connectivity index (χ4n) is 3.06. The Hall–Kier alpha value is -2.29. The molecule has 0 saturated carbocycles. The van der Waals surface area contributed by atoms with E-state index in [0.29, 0.717) is 27.8 Å². The Morgan fingerprint density at radius 1 is 1.09 bits per heavy atom. The number of rotatable bonds is 9. The molecule has 0 radical (unpaired) electrons. The molecule has 2 rings (SSSR count). The summed E-state index contributed by atoms with van der Waals surface area (Å²) in [7, 11) is -3.76. The van der Waals surface area contributed by atoms with Crippen molar-refractivity contribution in [1.29, 1.82) is 0 Å². The summed E-state index contributed by atoms with van der Waals surface area (Å²) in [6, 6.07) is 10.8. The number of carbonyl (C=O) groups is 2. The van der Waals surface area contributed by atoms with E-state index in [9.17, 15) is 18.0 Å². The van der Waals surface area contributed by atoms with Gasteiger partial charge >= 0.3 is 0 Å². The molecular weight excluding hydrogens is 473 g/mol. The van der Waals surface area contributed by atoms with Crippen molar-refractivity contribution in [2.75, 3.05) is 23.7 Å². The molecule has 0 aromatic heterocycles. The van der Waals surface area contributed by atoms with Crippen LogP contribution in [-0.2, 0) is 26.2 Å². The molecule has 0 fully saturated rings. The van der Waals surface area contributed by atoms with Gasteiger partial charge in [-0.2, -0.15) is 0 Å². The normalized spacial score (nSPS) is 12.2. The number of hydrogen-bond donors (Lipinski definition) is 1. The molecule has 1 N–H and O–H groups in total. The number of carbonyl (C=O) groups excluding carboxylic acids is 2. The van der Waals surface area contributed by atoms with Crippen molar-refractivity contribution in [3.8, 4) is 0 Å². The molecule has 10 heteroatoms. The van der Waals surface area contributed by atoms with Crippen LogP contribution in [0.5, 0.6) is 0 Å². The lowest BCUT2D eigenvalue weighted by molar-refractivity contribution is -0.139. The molecule has 0 aliphatic carbocycles. The van der Waals surface area contributed by atoms with Crippen LogP contribution in [-0.4, -0.2) is 50.5 Å². The highest BCUT2D eigenvalue weighted by atomic mass is 35.5. The summed E-state index contributed by atoms with van der Waals surface area (Å²) in [4.78, 5) is 27.2. The van der Waals surface area contributed by atoms with Gasteiger partial charge in [-0.15, -0.1) is 0 Å². The van der Waals surface area contributed by atoms with Crippen LogP contribution in [0.4, 0.5) is 5.69 Å². The van der Waals surface area contributed by atoms with Crippen molar-refractivity contribution in [3.63, 3.8) is 0 Å². The van der Waals surface area contributed by atoms with Crippen molar-refractivity contribution >= 4 is 50.7 Å². The van der Waals surface area contributed by atoms with Crippen LogP contribution in [0.3, 0.4) is 0 Å². The van der Waals surface area contributed by atoms with E-state index in [2.05, 4.69) is 5.32 Å². The third-order valence-corrected chi connectivity index (χ3v) is 6.60.